The maximum atomic E-state index is 12.5. The fraction of sp³-hybridized carbons (Fsp3) is 0.316. The molecule has 0 saturated carbocycles. The molecule has 1 heterocycles. The third-order valence-electron chi connectivity index (χ3n) is 3.79. The van der Waals surface area contributed by atoms with Crippen LogP contribution in [0.1, 0.15) is 49.4 Å². The number of carbonyl (C=O) groups is 3. The predicted molar refractivity (Wildman–Crippen MR) is 94.0 cm³/mol. The number of benzene rings is 1. The Morgan fingerprint density at radius 3 is 2.07 bits per heavy atom. The smallest absolute Gasteiger partial charge is 0.462 e. The number of alkyl halides is 3. The minimum Gasteiger partial charge on any atom is -0.462 e. The Hall–Kier alpha value is -3.30. The Morgan fingerprint density at radius 2 is 1.52 bits per heavy atom. The van der Waals surface area contributed by atoms with Crippen LogP contribution in [-0.4, -0.2) is 42.3 Å². The third-order valence-corrected chi connectivity index (χ3v) is 3.79. The van der Waals surface area contributed by atoms with Crippen LogP contribution in [0.2, 0.25) is 0 Å². The number of aryl methyl sites for hydroxylation is 2. The SMILES string of the molecule is CCOC(=O)c1c(C)[nH]c(C)c1C(=O)COC(=O)c1ccc(OC(F)(F)F)cc1. The number of hydrogen-bond donors (Lipinski definition) is 1. The van der Waals surface area contributed by atoms with Crippen LogP contribution in [0.3, 0.4) is 0 Å². The molecule has 0 spiro atoms. The summed E-state index contributed by atoms with van der Waals surface area (Å²) in [6.45, 7) is 4.28. The zero-order chi connectivity index (χ0) is 21.8. The lowest BCUT2D eigenvalue weighted by atomic mass is 10.1. The van der Waals surface area contributed by atoms with E-state index >= 15 is 0 Å². The average molecular weight is 413 g/mol. The fourth-order valence-electron chi connectivity index (χ4n) is 2.67. The largest absolute Gasteiger partial charge is 0.573 e. The highest BCUT2D eigenvalue weighted by Crippen LogP contribution is 2.23. The standard InChI is InChI=1S/C19H18F3NO6/c1-4-27-18(26)16-11(3)23-10(2)15(16)14(24)9-28-17(25)12-5-7-13(8-6-12)29-19(20,21)22/h5-8,23H,4,9H2,1-3H3. The lowest BCUT2D eigenvalue weighted by Crippen LogP contribution is -2.18. The van der Waals surface area contributed by atoms with Gasteiger partial charge in [-0.1, -0.05) is 0 Å². The Labute approximate surface area is 163 Å². The van der Waals surface area contributed by atoms with Gasteiger partial charge < -0.3 is 19.2 Å². The fourth-order valence-corrected chi connectivity index (χ4v) is 2.67. The van der Waals surface area contributed by atoms with Gasteiger partial charge >= 0.3 is 18.3 Å². The van der Waals surface area contributed by atoms with Gasteiger partial charge in [-0.05, 0) is 45.0 Å². The number of ketones is 1. The van der Waals surface area contributed by atoms with Crippen LogP contribution >= 0.6 is 0 Å². The van der Waals surface area contributed by atoms with Crippen LogP contribution in [-0.2, 0) is 9.47 Å². The maximum Gasteiger partial charge on any atom is 0.573 e. The Morgan fingerprint density at radius 1 is 0.931 bits per heavy atom. The number of rotatable bonds is 7. The highest BCUT2D eigenvalue weighted by atomic mass is 19.4. The zero-order valence-corrected chi connectivity index (χ0v) is 15.8. The molecule has 10 heteroatoms. The first-order chi connectivity index (χ1) is 13.5. The van der Waals surface area contributed by atoms with Crippen LogP contribution in [0.5, 0.6) is 5.75 Å². The van der Waals surface area contributed by atoms with E-state index in [4.69, 9.17) is 9.47 Å². The number of halogens is 3. The van der Waals surface area contributed by atoms with Gasteiger partial charge in [0.2, 0.25) is 5.78 Å². The second-order valence-corrected chi connectivity index (χ2v) is 5.92. The third kappa shape index (κ3) is 5.59. The van der Waals surface area contributed by atoms with Crippen molar-refractivity contribution in [2.75, 3.05) is 13.2 Å². The van der Waals surface area contributed by atoms with Gasteiger partial charge in [0.15, 0.2) is 6.61 Å². The quantitative estimate of drug-likeness (QED) is 0.549. The number of ether oxygens (including phenoxy) is 3. The molecule has 1 aromatic heterocycles. The lowest BCUT2D eigenvalue weighted by Gasteiger charge is -2.09. The maximum absolute atomic E-state index is 12.5. The number of H-pyrrole nitrogens is 1. The number of aromatic nitrogens is 1. The predicted octanol–water partition coefficient (Wildman–Crippen LogP) is 3.75. The molecule has 2 aromatic rings. The van der Waals surface area contributed by atoms with Gasteiger partial charge in [0.05, 0.1) is 23.3 Å². The van der Waals surface area contributed by atoms with Crippen molar-refractivity contribution in [2.24, 2.45) is 0 Å². The molecule has 0 aliphatic carbocycles. The summed E-state index contributed by atoms with van der Waals surface area (Å²) in [5.41, 5.74) is 0.915. The summed E-state index contributed by atoms with van der Waals surface area (Å²) < 4.78 is 50.0. The molecule has 1 N–H and O–H groups in total. The van der Waals surface area contributed by atoms with Gasteiger partial charge in [-0.2, -0.15) is 0 Å². The van der Waals surface area contributed by atoms with Crippen molar-refractivity contribution < 1.29 is 41.8 Å². The molecular weight excluding hydrogens is 395 g/mol. The highest BCUT2D eigenvalue weighted by molar-refractivity contribution is 6.09. The van der Waals surface area contributed by atoms with E-state index in [1.54, 1.807) is 20.8 Å². The van der Waals surface area contributed by atoms with Crippen molar-refractivity contribution in [3.05, 3.63) is 52.3 Å². The molecule has 0 saturated heterocycles. The van der Waals surface area contributed by atoms with Gasteiger partial charge in [0.1, 0.15) is 5.75 Å². The second kappa shape index (κ2) is 8.80. The van der Waals surface area contributed by atoms with Crippen LogP contribution < -0.4 is 4.74 Å². The molecule has 29 heavy (non-hydrogen) atoms. The topological polar surface area (TPSA) is 94.7 Å². The van der Waals surface area contributed by atoms with Gasteiger partial charge in [0, 0.05) is 11.4 Å². The minimum atomic E-state index is -4.85. The average Bonchev–Trinajstić information content (AvgIpc) is 2.93. The molecule has 2 rings (SSSR count). The van der Waals surface area contributed by atoms with Crippen LogP contribution in [0.25, 0.3) is 0 Å². The molecule has 0 unspecified atom stereocenters. The summed E-state index contributed by atoms with van der Waals surface area (Å²) in [7, 11) is 0. The molecule has 1 aromatic carbocycles. The molecular formula is C19H18F3NO6. The van der Waals surface area contributed by atoms with Crippen LogP contribution in [0, 0.1) is 13.8 Å². The highest BCUT2D eigenvalue weighted by Gasteiger charge is 2.31. The Kier molecular flexibility index (Phi) is 6.68. The number of Topliss-reactive ketones (excluding diaryl/α,β-unsaturated/α-hetero) is 1. The Bertz CT molecular complexity index is 915. The molecule has 0 amide bonds. The molecule has 156 valence electrons. The molecule has 0 fully saturated rings. The number of esters is 2. The van der Waals surface area contributed by atoms with E-state index in [0.29, 0.717) is 11.4 Å². The van der Waals surface area contributed by atoms with Crippen molar-refractivity contribution in [1.82, 2.24) is 4.98 Å². The van der Waals surface area contributed by atoms with Crippen LogP contribution in [0.4, 0.5) is 13.2 Å². The molecule has 7 nitrogen and oxygen atoms in total. The molecule has 0 aliphatic heterocycles. The van der Waals surface area contributed by atoms with Crippen molar-refractivity contribution in [1.29, 1.82) is 0 Å². The van der Waals surface area contributed by atoms with E-state index in [-0.39, 0.29) is 23.3 Å². The molecule has 0 aliphatic rings. The van der Waals surface area contributed by atoms with Gasteiger partial charge in [-0.3, -0.25) is 4.79 Å². The van der Waals surface area contributed by atoms with E-state index < -0.39 is 36.4 Å². The lowest BCUT2D eigenvalue weighted by molar-refractivity contribution is -0.274. The monoisotopic (exact) mass is 413 g/mol. The molecule has 0 atom stereocenters. The summed E-state index contributed by atoms with van der Waals surface area (Å²) in [6, 6.07) is 4.04. The van der Waals surface area contributed by atoms with Crippen molar-refractivity contribution in [2.45, 2.75) is 27.1 Å². The number of carbonyl (C=O) groups excluding carboxylic acids is 3. The van der Waals surface area contributed by atoms with Crippen molar-refractivity contribution in [3.63, 3.8) is 0 Å². The van der Waals surface area contributed by atoms with E-state index in [1.165, 1.54) is 0 Å². The van der Waals surface area contributed by atoms with Gasteiger partial charge in [0.25, 0.3) is 0 Å². The number of aromatic amines is 1. The first kappa shape index (κ1) is 22.0. The minimum absolute atomic E-state index is 0.0580. The zero-order valence-electron chi connectivity index (χ0n) is 15.8. The van der Waals surface area contributed by atoms with Crippen molar-refractivity contribution >= 4 is 17.7 Å². The Balaban J connectivity index is 2.08. The summed E-state index contributed by atoms with van der Waals surface area (Å²) in [5.74, 6) is -2.72. The number of nitrogens with one attached hydrogen (secondary N) is 1. The van der Waals surface area contributed by atoms with Crippen LogP contribution in [0.15, 0.2) is 24.3 Å². The molecule has 0 bridgehead atoms. The summed E-state index contributed by atoms with van der Waals surface area (Å²) >= 11 is 0. The van der Waals surface area contributed by atoms with E-state index in [1.807, 2.05) is 0 Å². The first-order valence-corrected chi connectivity index (χ1v) is 8.46. The van der Waals surface area contributed by atoms with E-state index in [0.717, 1.165) is 24.3 Å². The second-order valence-electron chi connectivity index (χ2n) is 5.92. The van der Waals surface area contributed by atoms with Gasteiger partial charge in [-0.25, -0.2) is 9.59 Å². The van der Waals surface area contributed by atoms with Gasteiger partial charge in [-0.15, -0.1) is 13.2 Å². The van der Waals surface area contributed by atoms with E-state index in [2.05, 4.69) is 9.72 Å². The van der Waals surface area contributed by atoms with Crippen molar-refractivity contribution in [3.8, 4) is 5.75 Å². The first-order valence-electron chi connectivity index (χ1n) is 8.46. The van der Waals surface area contributed by atoms with E-state index in [9.17, 15) is 27.6 Å². The molecule has 0 radical (unpaired) electrons. The summed E-state index contributed by atoms with van der Waals surface area (Å²) in [4.78, 5) is 39.5. The summed E-state index contributed by atoms with van der Waals surface area (Å²) in [5, 5.41) is 0. The number of hydrogen-bond acceptors (Lipinski definition) is 6. The summed E-state index contributed by atoms with van der Waals surface area (Å²) in [6.07, 6.45) is -4.85. The normalized spacial score (nSPS) is 11.1.